The highest BCUT2D eigenvalue weighted by molar-refractivity contribution is 6.30. The van der Waals surface area contributed by atoms with Crippen molar-refractivity contribution in [1.82, 2.24) is 9.88 Å². The lowest BCUT2D eigenvalue weighted by molar-refractivity contribution is 0.0801. The van der Waals surface area contributed by atoms with Gasteiger partial charge < -0.3 is 0 Å². The molecule has 1 aliphatic rings. The van der Waals surface area contributed by atoms with Crippen LogP contribution in [0.15, 0.2) is 48.8 Å². The first-order valence-electron chi connectivity index (χ1n) is 8.09. The minimum absolute atomic E-state index is 0.119. The number of pyridine rings is 1. The minimum Gasteiger partial charge on any atom is -0.297 e. The largest absolute Gasteiger partial charge is 0.297 e. The van der Waals surface area contributed by atoms with Crippen LogP contribution in [-0.2, 0) is 0 Å². The van der Waals surface area contributed by atoms with E-state index in [1.807, 2.05) is 24.4 Å². The molecule has 23 heavy (non-hydrogen) atoms. The van der Waals surface area contributed by atoms with Crippen LogP contribution in [0.4, 0.5) is 0 Å². The molecule has 3 nitrogen and oxygen atoms in total. The van der Waals surface area contributed by atoms with Crippen LogP contribution in [-0.4, -0.2) is 28.8 Å². The molecule has 1 aromatic carbocycles. The molecule has 3 rings (SSSR count). The topological polar surface area (TPSA) is 33.2 Å². The maximum atomic E-state index is 12.6. The van der Waals surface area contributed by atoms with Gasteiger partial charge in [0.25, 0.3) is 0 Å². The molecule has 1 unspecified atom stereocenters. The summed E-state index contributed by atoms with van der Waals surface area (Å²) in [6, 6.07) is 11.7. The Kier molecular flexibility index (Phi) is 5.09. The summed E-state index contributed by atoms with van der Waals surface area (Å²) in [4.78, 5) is 19.2. The van der Waals surface area contributed by atoms with Gasteiger partial charge in [-0.05, 0) is 68.8 Å². The van der Waals surface area contributed by atoms with E-state index in [0.29, 0.717) is 11.1 Å². The van der Waals surface area contributed by atoms with Crippen LogP contribution in [0.25, 0.3) is 0 Å². The normalized spacial score (nSPS) is 17.8. The van der Waals surface area contributed by atoms with Gasteiger partial charge in [-0.25, -0.2) is 0 Å². The number of hydrogen-bond acceptors (Lipinski definition) is 3. The molecule has 0 spiro atoms. The number of rotatable bonds is 4. The van der Waals surface area contributed by atoms with Gasteiger partial charge in [0.1, 0.15) is 0 Å². The number of ketones is 1. The number of likely N-dealkylation sites (tertiary alicyclic amines) is 1. The van der Waals surface area contributed by atoms with Crippen LogP contribution in [0.3, 0.4) is 0 Å². The zero-order chi connectivity index (χ0) is 16.2. The Hall–Kier alpha value is -1.71. The molecule has 1 atom stereocenters. The van der Waals surface area contributed by atoms with Crippen molar-refractivity contribution in [2.24, 2.45) is 5.92 Å². The lowest BCUT2D eigenvalue weighted by Crippen LogP contribution is -2.38. The fourth-order valence-electron chi connectivity index (χ4n) is 3.23. The van der Waals surface area contributed by atoms with E-state index >= 15 is 0 Å². The quantitative estimate of drug-likeness (QED) is 0.780. The van der Waals surface area contributed by atoms with Crippen molar-refractivity contribution >= 4 is 17.4 Å². The number of hydrogen-bond donors (Lipinski definition) is 0. The summed E-state index contributed by atoms with van der Waals surface area (Å²) in [7, 11) is 0. The third-order valence-corrected chi connectivity index (χ3v) is 5.00. The number of benzene rings is 1. The fourth-order valence-corrected chi connectivity index (χ4v) is 3.36. The highest BCUT2D eigenvalue weighted by Gasteiger charge is 2.28. The van der Waals surface area contributed by atoms with Gasteiger partial charge in [0, 0.05) is 34.9 Å². The zero-order valence-electron chi connectivity index (χ0n) is 13.3. The molecule has 1 aromatic heterocycles. The van der Waals surface area contributed by atoms with Gasteiger partial charge in [0.2, 0.25) is 0 Å². The molecule has 1 aliphatic heterocycles. The number of aromatic nitrogens is 1. The number of piperidine rings is 1. The van der Waals surface area contributed by atoms with Crippen LogP contribution >= 0.6 is 11.6 Å². The fraction of sp³-hybridized carbons (Fsp3) is 0.368. The van der Waals surface area contributed by atoms with Crippen molar-refractivity contribution in [3.8, 4) is 0 Å². The minimum atomic E-state index is 0.119. The standard InChI is InChI=1S/C19H21ClN2O/c1-14(17-3-2-10-21-13-17)22-11-8-16(9-12-22)19(23)15-4-6-18(20)7-5-15/h2-7,10,13-14,16H,8-9,11-12H2,1H3. The summed E-state index contributed by atoms with van der Waals surface area (Å²) in [5.41, 5.74) is 2.00. The van der Waals surface area contributed by atoms with Crippen molar-refractivity contribution < 1.29 is 4.79 Å². The maximum absolute atomic E-state index is 12.6. The van der Waals surface area contributed by atoms with Gasteiger partial charge in [-0.3, -0.25) is 14.7 Å². The smallest absolute Gasteiger partial charge is 0.166 e. The second-order valence-corrected chi connectivity index (χ2v) is 6.58. The molecule has 0 N–H and O–H groups in total. The van der Waals surface area contributed by atoms with Crippen LogP contribution in [0.2, 0.25) is 5.02 Å². The molecular weight excluding hydrogens is 308 g/mol. The average Bonchev–Trinajstić information content (AvgIpc) is 2.62. The molecule has 0 amide bonds. The molecule has 2 heterocycles. The van der Waals surface area contributed by atoms with Gasteiger partial charge in [-0.1, -0.05) is 17.7 Å². The predicted molar refractivity (Wildman–Crippen MR) is 92.7 cm³/mol. The first-order valence-corrected chi connectivity index (χ1v) is 8.46. The number of carbonyl (C=O) groups excluding carboxylic acids is 1. The molecule has 0 radical (unpaired) electrons. The highest BCUT2D eigenvalue weighted by atomic mass is 35.5. The third-order valence-electron chi connectivity index (χ3n) is 4.74. The van der Waals surface area contributed by atoms with Crippen LogP contribution in [0.1, 0.15) is 41.7 Å². The van der Waals surface area contributed by atoms with Gasteiger partial charge in [-0.15, -0.1) is 0 Å². The van der Waals surface area contributed by atoms with E-state index in [4.69, 9.17) is 11.6 Å². The van der Waals surface area contributed by atoms with Gasteiger partial charge in [-0.2, -0.15) is 0 Å². The lowest BCUT2D eigenvalue weighted by Gasteiger charge is -2.35. The highest BCUT2D eigenvalue weighted by Crippen LogP contribution is 2.28. The number of halogens is 1. The first kappa shape index (κ1) is 16.2. The summed E-state index contributed by atoms with van der Waals surface area (Å²) >= 11 is 5.89. The van der Waals surface area contributed by atoms with Crippen molar-refractivity contribution in [1.29, 1.82) is 0 Å². The molecular formula is C19H21ClN2O. The van der Waals surface area contributed by atoms with E-state index in [1.165, 1.54) is 5.56 Å². The van der Waals surface area contributed by atoms with E-state index in [1.54, 1.807) is 18.3 Å². The van der Waals surface area contributed by atoms with Crippen molar-refractivity contribution in [2.45, 2.75) is 25.8 Å². The van der Waals surface area contributed by atoms with E-state index in [0.717, 1.165) is 31.5 Å². The van der Waals surface area contributed by atoms with E-state index in [9.17, 15) is 4.79 Å². The Bertz CT molecular complexity index is 649. The molecule has 2 aromatic rings. The summed E-state index contributed by atoms with van der Waals surface area (Å²) in [5.74, 6) is 0.365. The average molecular weight is 329 g/mol. The SMILES string of the molecule is CC(c1cccnc1)N1CCC(C(=O)c2ccc(Cl)cc2)CC1. The van der Waals surface area contributed by atoms with Gasteiger partial charge in [0.05, 0.1) is 0 Å². The second-order valence-electron chi connectivity index (χ2n) is 6.14. The zero-order valence-corrected chi connectivity index (χ0v) is 14.0. The Morgan fingerprint density at radius 3 is 2.52 bits per heavy atom. The summed E-state index contributed by atoms with van der Waals surface area (Å²) in [5, 5.41) is 0.668. The Labute approximate surface area is 142 Å². The maximum Gasteiger partial charge on any atom is 0.166 e. The van der Waals surface area contributed by atoms with E-state index in [2.05, 4.69) is 22.9 Å². The van der Waals surface area contributed by atoms with Gasteiger partial charge in [0.15, 0.2) is 5.78 Å². The Morgan fingerprint density at radius 1 is 1.22 bits per heavy atom. The molecule has 0 saturated carbocycles. The van der Waals surface area contributed by atoms with Crippen molar-refractivity contribution in [2.75, 3.05) is 13.1 Å². The molecule has 4 heteroatoms. The van der Waals surface area contributed by atoms with Crippen LogP contribution < -0.4 is 0 Å². The molecule has 1 fully saturated rings. The molecule has 0 aliphatic carbocycles. The van der Waals surface area contributed by atoms with Gasteiger partial charge >= 0.3 is 0 Å². The monoisotopic (exact) mass is 328 g/mol. The third kappa shape index (κ3) is 3.80. The number of Topliss-reactive ketones (excluding diaryl/α,β-unsaturated/α-hetero) is 1. The Balaban J connectivity index is 1.60. The number of nitrogens with zero attached hydrogens (tertiary/aromatic N) is 2. The molecule has 0 bridgehead atoms. The number of carbonyl (C=O) groups is 1. The first-order chi connectivity index (χ1) is 11.1. The summed E-state index contributed by atoms with van der Waals surface area (Å²) in [6.45, 7) is 4.10. The molecule has 120 valence electrons. The van der Waals surface area contributed by atoms with E-state index in [-0.39, 0.29) is 11.7 Å². The van der Waals surface area contributed by atoms with E-state index < -0.39 is 0 Å². The van der Waals surface area contributed by atoms with Crippen LogP contribution in [0, 0.1) is 5.92 Å². The summed E-state index contributed by atoms with van der Waals surface area (Å²) < 4.78 is 0. The molecule has 1 saturated heterocycles. The Morgan fingerprint density at radius 2 is 1.91 bits per heavy atom. The van der Waals surface area contributed by atoms with Crippen molar-refractivity contribution in [3.63, 3.8) is 0 Å². The predicted octanol–water partition coefficient (Wildman–Crippen LogP) is 4.39. The van der Waals surface area contributed by atoms with Crippen LogP contribution in [0.5, 0.6) is 0 Å². The lowest BCUT2D eigenvalue weighted by atomic mass is 9.88. The second kappa shape index (κ2) is 7.24. The van der Waals surface area contributed by atoms with Crippen molar-refractivity contribution in [3.05, 3.63) is 64.9 Å². The summed E-state index contributed by atoms with van der Waals surface area (Å²) in [6.07, 6.45) is 5.54.